The molecule has 0 saturated heterocycles. The summed E-state index contributed by atoms with van der Waals surface area (Å²) in [5, 5.41) is 5.28. The number of carbonyl (C=O) groups is 3. The molecular formula is C15H18N2O3. The molecular weight excluding hydrogens is 256 g/mol. The molecule has 0 aromatic heterocycles. The largest absolute Gasteiger partial charge is 0.324 e. The summed E-state index contributed by atoms with van der Waals surface area (Å²) >= 11 is 0. The standard InChI is InChI=1S/C15H18N2O3/c1-8(2)9(3)15(20)10-4-5-11-12(6-10)17-14(19)7-13(18)16-11/h4-6,8-9H,7H2,1-3H3,(H,16,18)(H,17,19). The van der Waals surface area contributed by atoms with Crippen LogP contribution in [0.15, 0.2) is 18.2 Å². The number of amides is 2. The van der Waals surface area contributed by atoms with Gasteiger partial charge in [-0.05, 0) is 24.1 Å². The number of Topliss-reactive ketones (excluding diaryl/α,β-unsaturated/α-hetero) is 1. The summed E-state index contributed by atoms with van der Waals surface area (Å²) in [6.45, 7) is 5.88. The lowest BCUT2D eigenvalue weighted by atomic mass is 9.89. The van der Waals surface area contributed by atoms with Crippen molar-refractivity contribution >= 4 is 29.0 Å². The topological polar surface area (TPSA) is 75.3 Å². The lowest BCUT2D eigenvalue weighted by Crippen LogP contribution is -2.17. The predicted molar refractivity (Wildman–Crippen MR) is 76.7 cm³/mol. The number of hydrogen-bond donors (Lipinski definition) is 2. The highest BCUT2D eigenvalue weighted by molar-refractivity contribution is 6.14. The van der Waals surface area contributed by atoms with Crippen LogP contribution in [0.3, 0.4) is 0 Å². The number of nitrogens with one attached hydrogen (secondary N) is 2. The zero-order valence-corrected chi connectivity index (χ0v) is 11.8. The zero-order valence-electron chi connectivity index (χ0n) is 11.8. The van der Waals surface area contributed by atoms with Crippen LogP contribution < -0.4 is 10.6 Å². The van der Waals surface area contributed by atoms with Gasteiger partial charge >= 0.3 is 0 Å². The van der Waals surface area contributed by atoms with Gasteiger partial charge in [0, 0.05) is 11.5 Å². The molecule has 0 spiro atoms. The SMILES string of the molecule is CC(C)C(C)C(=O)c1ccc2c(c1)NC(=O)CC(=O)N2. The lowest BCUT2D eigenvalue weighted by molar-refractivity contribution is -0.123. The minimum atomic E-state index is -0.372. The van der Waals surface area contributed by atoms with Crippen LogP contribution in [0.5, 0.6) is 0 Å². The molecule has 1 aliphatic heterocycles. The van der Waals surface area contributed by atoms with Crippen LogP contribution in [0.4, 0.5) is 11.4 Å². The van der Waals surface area contributed by atoms with E-state index in [0.29, 0.717) is 16.9 Å². The number of carbonyl (C=O) groups excluding carboxylic acids is 3. The first-order valence-electron chi connectivity index (χ1n) is 6.66. The third-order valence-electron chi connectivity index (χ3n) is 3.59. The van der Waals surface area contributed by atoms with E-state index in [-0.39, 0.29) is 35.9 Å². The molecule has 0 radical (unpaired) electrons. The van der Waals surface area contributed by atoms with Gasteiger partial charge < -0.3 is 10.6 Å². The minimum absolute atomic E-state index is 0.0348. The summed E-state index contributed by atoms with van der Waals surface area (Å²) in [5.74, 6) is -0.536. The van der Waals surface area contributed by atoms with E-state index in [1.807, 2.05) is 20.8 Å². The molecule has 5 heteroatoms. The monoisotopic (exact) mass is 274 g/mol. The van der Waals surface area contributed by atoms with Gasteiger partial charge in [0.1, 0.15) is 6.42 Å². The predicted octanol–water partition coefficient (Wildman–Crippen LogP) is 2.44. The number of hydrogen-bond acceptors (Lipinski definition) is 3. The molecule has 1 heterocycles. The molecule has 5 nitrogen and oxygen atoms in total. The van der Waals surface area contributed by atoms with E-state index < -0.39 is 0 Å². The van der Waals surface area contributed by atoms with Crippen LogP contribution in [0.2, 0.25) is 0 Å². The van der Waals surface area contributed by atoms with Gasteiger partial charge in [-0.2, -0.15) is 0 Å². The summed E-state index contributed by atoms with van der Waals surface area (Å²) < 4.78 is 0. The van der Waals surface area contributed by atoms with Crippen LogP contribution in [0, 0.1) is 11.8 Å². The lowest BCUT2D eigenvalue weighted by Gasteiger charge is -2.15. The smallest absolute Gasteiger partial charge is 0.233 e. The van der Waals surface area contributed by atoms with Crippen molar-refractivity contribution in [3.05, 3.63) is 23.8 Å². The Kier molecular flexibility index (Phi) is 3.88. The van der Waals surface area contributed by atoms with Crippen molar-refractivity contribution in [2.24, 2.45) is 11.8 Å². The molecule has 0 saturated carbocycles. The average Bonchev–Trinajstić information content (AvgIpc) is 2.52. The average molecular weight is 274 g/mol. The van der Waals surface area contributed by atoms with Crippen LogP contribution in [-0.4, -0.2) is 17.6 Å². The van der Waals surface area contributed by atoms with E-state index >= 15 is 0 Å². The molecule has 20 heavy (non-hydrogen) atoms. The van der Waals surface area contributed by atoms with Crippen molar-refractivity contribution in [3.8, 4) is 0 Å². The highest BCUT2D eigenvalue weighted by Crippen LogP contribution is 2.27. The molecule has 1 aromatic rings. The van der Waals surface area contributed by atoms with Gasteiger partial charge in [0.05, 0.1) is 11.4 Å². The molecule has 1 unspecified atom stereocenters. The molecule has 106 valence electrons. The second-order valence-electron chi connectivity index (χ2n) is 5.43. The van der Waals surface area contributed by atoms with E-state index in [1.54, 1.807) is 18.2 Å². The van der Waals surface area contributed by atoms with Gasteiger partial charge in [-0.15, -0.1) is 0 Å². The first kappa shape index (κ1) is 14.2. The molecule has 0 aliphatic carbocycles. The van der Waals surface area contributed by atoms with E-state index in [4.69, 9.17) is 0 Å². The van der Waals surface area contributed by atoms with E-state index in [1.165, 1.54) is 0 Å². The Labute approximate surface area is 117 Å². The summed E-state index contributed by atoms with van der Waals surface area (Å²) in [7, 11) is 0. The van der Waals surface area contributed by atoms with Crippen LogP contribution in [0.1, 0.15) is 37.6 Å². The highest BCUT2D eigenvalue weighted by Gasteiger charge is 2.22. The maximum Gasteiger partial charge on any atom is 0.233 e. The molecule has 2 N–H and O–H groups in total. The van der Waals surface area contributed by atoms with Gasteiger partial charge in [-0.3, -0.25) is 14.4 Å². The Hall–Kier alpha value is -2.17. The number of benzene rings is 1. The van der Waals surface area contributed by atoms with E-state index in [9.17, 15) is 14.4 Å². The number of rotatable bonds is 3. The van der Waals surface area contributed by atoms with Crippen molar-refractivity contribution in [2.75, 3.05) is 10.6 Å². The summed E-state index contributed by atoms with van der Waals surface area (Å²) in [5.41, 5.74) is 1.54. The van der Waals surface area contributed by atoms with Crippen molar-refractivity contribution in [1.82, 2.24) is 0 Å². The van der Waals surface area contributed by atoms with Crippen molar-refractivity contribution in [3.63, 3.8) is 0 Å². The Morgan fingerprint density at radius 2 is 1.65 bits per heavy atom. The van der Waals surface area contributed by atoms with Gasteiger partial charge in [-0.25, -0.2) is 0 Å². The maximum atomic E-state index is 12.3. The third kappa shape index (κ3) is 2.87. The fourth-order valence-corrected chi connectivity index (χ4v) is 2.01. The number of fused-ring (bicyclic) bond motifs is 1. The Morgan fingerprint density at radius 3 is 2.25 bits per heavy atom. The summed E-state index contributed by atoms with van der Waals surface area (Å²) in [4.78, 5) is 35.3. The van der Waals surface area contributed by atoms with Crippen LogP contribution in [-0.2, 0) is 9.59 Å². The van der Waals surface area contributed by atoms with Gasteiger partial charge in [0.25, 0.3) is 0 Å². The highest BCUT2D eigenvalue weighted by atomic mass is 16.2. The molecule has 0 fully saturated rings. The Bertz CT molecular complexity index is 578. The molecule has 1 aromatic carbocycles. The van der Waals surface area contributed by atoms with Gasteiger partial charge in [0.15, 0.2) is 5.78 Å². The zero-order chi connectivity index (χ0) is 14.9. The molecule has 2 rings (SSSR count). The molecule has 1 aliphatic rings. The number of ketones is 1. The fourth-order valence-electron chi connectivity index (χ4n) is 2.01. The minimum Gasteiger partial charge on any atom is -0.324 e. The number of anilines is 2. The van der Waals surface area contributed by atoms with Gasteiger partial charge in [-0.1, -0.05) is 20.8 Å². The van der Waals surface area contributed by atoms with Gasteiger partial charge in [0.2, 0.25) is 11.8 Å². The first-order chi connectivity index (χ1) is 9.38. The van der Waals surface area contributed by atoms with Crippen molar-refractivity contribution in [2.45, 2.75) is 27.2 Å². The third-order valence-corrected chi connectivity index (χ3v) is 3.59. The molecule has 2 amide bonds. The van der Waals surface area contributed by atoms with Crippen LogP contribution in [0.25, 0.3) is 0 Å². The van der Waals surface area contributed by atoms with Crippen molar-refractivity contribution < 1.29 is 14.4 Å². The molecule has 0 bridgehead atoms. The Balaban J connectivity index is 2.34. The summed E-state index contributed by atoms with van der Waals surface area (Å²) in [6, 6.07) is 4.96. The fraction of sp³-hybridized carbons (Fsp3) is 0.400. The van der Waals surface area contributed by atoms with E-state index in [2.05, 4.69) is 10.6 Å². The summed E-state index contributed by atoms with van der Waals surface area (Å²) in [6.07, 6.45) is -0.208. The maximum absolute atomic E-state index is 12.3. The van der Waals surface area contributed by atoms with Crippen molar-refractivity contribution in [1.29, 1.82) is 0 Å². The van der Waals surface area contributed by atoms with E-state index in [0.717, 1.165) is 0 Å². The second kappa shape index (κ2) is 5.45. The Morgan fingerprint density at radius 1 is 1.05 bits per heavy atom. The van der Waals surface area contributed by atoms with Crippen LogP contribution >= 0.6 is 0 Å². The first-order valence-corrected chi connectivity index (χ1v) is 6.66. The molecule has 1 atom stereocenters. The second-order valence-corrected chi connectivity index (χ2v) is 5.43. The normalized spacial score (nSPS) is 16.0. The quantitative estimate of drug-likeness (QED) is 0.656.